The summed E-state index contributed by atoms with van der Waals surface area (Å²) in [7, 11) is 1.39. The lowest BCUT2D eigenvalue weighted by atomic mass is 10.0. The highest BCUT2D eigenvalue weighted by Crippen LogP contribution is 2.34. The maximum absolute atomic E-state index is 13.3. The normalized spacial score (nSPS) is 10.9. The zero-order valence-electron chi connectivity index (χ0n) is 24.6. The van der Waals surface area contributed by atoms with Gasteiger partial charge in [-0.2, -0.15) is 5.10 Å². The Morgan fingerprint density at radius 1 is 0.889 bits per heavy atom. The van der Waals surface area contributed by atoms with Gasteiger partial charge in [0.05, 0.1) is 25.5 Å². The first-order valence-electron chi connectivity index (χ1n) is 13.8. The van der Waals surface area contributed by atoms with Crippen LogP contribution < -0.4 is 24.4 Å². The maximum atomic E-state index is 13.3. The molecule has 45 heavy (non-hydrogen) atoms. The van der Waals surface area contributed by atoms with Gasteiger partial charge in [0, 0.05) is 28.4 Å². The lowest BCUT2D eigenvalue weighted by Crippen LogP contribution is -2.18. The van der Waals surface area contributed by atoms with E-state index in [-0.39, 0.29) is 22.8 Å². The number of aromatic nitrogens is 1. The van der Waals surface area contributed by atoms with E-state index in [0.29, 0.717) is 34.2 Å². The van der Waals surface area contributed by atoms with E-state index in [4.69, 9.17) is 30.5 Å². The molecule has 5 rings (SSSR count). The third-order valence-electron chi connectivity index (χ3n) is 6.55. The molecule has 0 atom stereocenters. The number of nitrogens with zero attached hydrogens (tertiary/aromatic N) is 1. The van der Waals surface area contributed by atoms with Gasteiger partial charge >= 0.3 is 11.9 Å². The van der Waals surface area contributed by atoms with Gasteiger partial charge in [0.15, 0.2) is 23.0 Å². The van der Waals surface area contributed by atoms with Crippen molar-refractivity contribution in [2.45, 2.75) is 13.8 Å². The molecule has 0 aliphatic carbocycles. The molecule has 1 amide bonds. The van der Waals surface area contributed by atoms with E-state index < -0.39 is 17.8 Å². The van der Waals surface area contributed by atoms with Crippen molar-refractivity contribution in [2.24, 2.45) is 5.10 Å². The van der Waals surface area contributed by atoms with Crippen molar-refractivity contribution in [3.05, 3.63) is 107 Å². The predicted molar refractivity (Wildman–Crippen MR) is 171 cm³/mol. The first-order chi connectivity index (χ1) is 21.8. The average Bonchev–Trinajstić information content (AvgIpc) is 3.41. The summed E-state index contributed by atoms with van der Waals surface area (Å²) in [6, 6.07) is 24.1. The number of ether oxygens (including phenoxy) is 4. The Kier molecular flexibility index (Phi) is 9.45. The van der Waals surface area contributed by atoms with Crippen LogP contribution in [0.1, 0.15) is 40.3 Å². The van der Waals surface area contributed by atoms with Gasteiger partial charge in [-0.1, -0.05) is 41.9 Å². The number of fused-ring (bicyclic) bond motifs is 1. The average molecular weight is 626 g/mol. The largest absolute Gasteiger partial charge is 0.493 e. The first kappa shape index (κ1) is 30.8. The van der Waals surface area contributed by atoms with Crippen LogP contribution >= 0.6 is 11.6 Å². The minimum absolute atomic E-state index is 0.174. The minimum Gasteiger partial charge on any atom is -0.493 e. The third kappa shape index (κ3) is 7.14. The van der Waals surface area contributed by atoms with E-state index in [1.807, 2.05) is 42.5 Å². The van der Waals surface area contributed by atoms with Gasteiger partial charge in [-0.25, -0.2) is 10.2 Å². The smallest absolute Gasteiger partial charge is 0.343 e. The second-order valence-corrected chi connectivity index (χ2v) is 10.1. The number of hydrazone groups is 1. The number of esters is 2. The van der Waals surface area contributed by atoms with Crippen LogP contribution in [0.2, 0.25) is 5.02 Å². The van der Waals surface area contributed by atoms with Crippen LogP contribution in [-0.4, -0.2) is 42.8 Å². The fourth-order valence-electron chi connectivity index (χ4n) is 4.61. The number of H-pyrrole nitrogens is 1. The number of hydrogen-bond donors (Lipinski definition) is 2. The standard InChI is InChI=1S/C34H28ClN3O7/c1-4-43-30-16-21(10-14-28(30)45-34(41)23-11-15-27(44-20(2)39)29(17-23)42-3)19-36-38-33(40)32-31(22-8-6-5-7-9-22)25-18-24(35)12-13-26(25)37-32/h5-19,37H,4H2,1-3H3,(H,38,40). The van der Waals surface area contributed by atoms with Crippen LogP contribution in [0.15, 0.2) is 90.0 Å². The lowest BCUT2D eigenvalue weighted by Gasteiger charge is -2.13. The Labute approximate surface area is 263 Å². The Hall–Kier alpha value is -5.61. The quantitative estimate of drug-likeness (QED) is 0.0755. The monoisotopic (exact) mass is 625 g/mol. The number of carbonyl (C=O) groups is 3. The number of amides is 1. The Morgan fingerprint density at radius 3 is 2.38 bits per heavy atom. The Morgan fingerprint density at radius 2 is 1.64 bits per heavy atom. The van der Waals surface area contributed by atoms with Gasteiger partial charge < -0.3 is 23.9 Å². The van der Waals surface area contributed by atoms with Crippen molar-refractivity contribution in [3.63, 3.8) is 0 Å². The minimum atomic E-state index is -0.675. The van der Waals surface area contributed by atoms with E-state index in [2.05, 4.69) is 15.5 Å². The molecule has 1 aromatic heterocycles. The molecule has 0 fully saturated rings. The van der Waals surface area contributed by atoms with Crippen molar-refractivity contribution < 1.29 is 33.3 Å². The molecule has 4 aromatic carbocycles. The second-order valence-electron chi connectivity index (χ2n) is 9.62. The number of aromatic amines is 1. The van der Waals surface area contributed by atoms with Gasteiger partial charge in [0.25, 0.3) is 5.91 Å². The number of nitrogens with one attached hydrogen (secondary N) is 2. The summed E-state index contributed by atoms with van der Waals surface area (Å²) in [6.45, 7) is 3.36. The number of benzene rings is 4. The van der Waals surface area contributed by atoms with Crippen LogP contribution in [0.4, 0.5) is 0 Å². The molecule has 0 unspecified atom stereocenters. The van der Waals surface area contributed by atoms with Gasteiger partial charge in [-0.05, 0) is 72.6 Å². The summed E-state index contributed by atoms with van der Waals surface area (Å²) < 4.78 is 21.6. The topological polar surface area (TPSA) is 128 Å². The summed E-state index contributed by atoms with van der Waals surface area (Å²) >= 11 is 6.26. The molecule has 2 N–H and O–H groups in total. The molecule has 10 nitrogen and oxygen atoms in total. The van der Waals surface area contributed by atoms with E-state index in [9.17, 15) is 14.4 Å². The van der Waals surface area contributed by atoms with Gasteiger partial charge in [-0.15, -0.1) is 0 Å². The predicted octanol–water partition coefficient (Wildman–Crippen LogP) is 6.80. The molecule has 0 bridgehead atoms. The maximum Gasteiger partial charge on any atom is 0.343 e. The molecule has 5 aromatic rings. The van der Waals surface area contributed by atoms with Crippen molar-refractivity contribution >= 4 is 46.6 Å². The third-order valence-corrected chi connectivity index (χ3v) is 6.79. The first-order valence-corrected chi connectivity index (χ1v) is 14.2. The highest BCUT2D eigenvalue weighted by Gasteiger charge is 2.20. The highest BCUT2D eigenvalue weighted by molar-refractivity contribution is 6.31. The zero-order valence-corrected chi connectivity index (χ0v) is 25.3. The Bertz CT molecular complexity index is 1920. The molecule has 0 aliphatic rings. The molecule has 1 heterocycles. The summed E-state index contributed by atoms with van der Waals surface area (Å²) in [6.07, 6.45) is 1.45. The molecular weight excluding hydrogens is 598 g/mol. The number of carbonyl (C=O) groups excluding carboxylic acids is 3. The summed E-state index contributed by atoms with van der Waals surface area (Å²) in [5.74, 6) is -0.788. The molecule has 0 aliphatic heterocycles. The highest BCUT2D eigenvalue weighted by atomic mass is 35.5. The fourth-order valence-corrected chi connectivity index (χ4v) is 4.78. The van der Waals surface area contributed by atoms with E-state index in [0.717, 1.165) is 16.5 Å². The van der Waals surface area contributed by atoms with Crippen LogP contribution in [0, 0.1) is 0 Å². The molecule has 0 radical (unpaired) electrons. The summed E-state index contributed by atoms with van der Waals surface area (Å²) in [5, 5.41) is 5.51. The van der Waals surface area contributed by atoms with E-state index >= 15 is 0 Å². The number of hydrogen-bond acceptors (Lipinski definition) is 8. The molecule has 228 valence electrons. The van der Waals surface area contributed by atoms with Crippen LogP contribution in [0.25, 0.3) is 22.0 Å². The number of halogens is 1. The Balaban J connectivity index is 1.34. The number of methoxy groups -OCH3 is 1. The van der Waals surface area contributed by atoms with Crippen molar-refractivity contribution in [1.82, 2.24) is 10.4 Å². The SMILES string of the molecule is CCOc1cc(C=NNC(=O)c2[nH]c3ccc(Cl)cc3c2-c2ccccc2)ccc1OC(=O)c1ccc(OC(C)=O)c(OC)c1. The molecule has 0 saturated carbocycles. The summed E-state index contributed by atoms with van der Waals surface area (Å²) in [4.78, 5) is 40.7. The van der Waals surface area contributed by atoms with Gasteiger partial charge in [0.1, 0.15) is 5.69 Å². The molecule has 11 heteroatoms. The van der Waals surface area contributed by atoms with Crippen molar-refractivity contribution in [1.29, 1.82) is 0 Å². The fraction of sp³-hybridized carbons (Fsp3) is 0.118. The van der Waals surface area contributed by atoms with Crippen LogP contribution in [0.5, 0.6) is 23.0 Å². The molecular formula is C34H28ClN3O7. The van der Waals surface area contributed by atoms with Crippen LogP contribution in [0.3, 0.4) is 0 Å². The van der Waals surface area contributed by atoms with E-state index in [1.54, 1.807) is 31.2 Å². The lowest BCUT2D eigenvalue weighted by molar-refractivity contribution is -0.132. The second kappa shape index (κ2) is 13.8. The van der Waals surface area contributed by atoms with Crippen molar-refractivity contribution in [2.75, 3.05) is 13.7 Å². The van der Waals surface area contributed by atoms with Gasteiger partial charge in [-0.3, -0.25) is 9.59 Å². The molecule has 0 spiro atoms. The number of rotatable bonds is 10. The van der Waals surface area contributed by atoms with Crippen molar-refractivity contribution in [3.8, 4) is 34.1 Å². The van der Waals surface area contributed by atoms with E-state index in [1.165, 1.54) is 38.4 Å². The molecule has 0 saturated heterocycles. The van der Waals surface area contributed by atoms with Gasteiger partial charge in [0.2, 0.25) is 0 Å². The zero-order chi connectivity index (χ0) is 31.9. The van der Waals surface area contributed by atoms with Crippen LogP contribution in [-0.2, 0) is 4.79 Å². The summed E-state index contributed by atoms with van der Waals surface area (Å²) in [5.41, 5.74) is 6.00.